The molecule has 0 bridgehead atoms. The minimum Gasteiger partial charge on any atom is -0.340 e. The van der Waals surface area contributed by atoms with E-state index in [-0.39, 0.29) is 30.6 Å². The van der Waals surface area contributed by atoms with Crippen LogP contribution in [-0.2, 0) is 0 Å². The fraction of sp³-hybridized carbons (Fsp3) is 0.360. The van der Waals surface area contributed by atoms with E-state index in [1.54, 1.807) is 13.8 Å². The maximum Gasteiger partial charge on any atom is 0.408 e. The summed E-state index contributed by atoms with van der Waals surface area (Å²) in [5, 5.41) is 4.16. The van der Waals surface area contributed by atoms with Gasteiger partial charge in [-0.25, -0.2) is 22.9 Å². The number of aromatic nitrogens is 2. The van der Waals surface area contributed by atoms with Gasteiger partial charge < -0.3 is 10.6 Å². The van der Waals surface area contributed by atoms with Crippen LogP contribution in [0.25, 0.3) is 16.7 Å². The topological polar surface area (TPSA) is 96.3 Å². The molecule has 8 nitrogen and oxygen atoms in total. The molecule has 1 atom stereocenters. The number of halogens is 6. The number of anilines is 1. The lowest BCUT2D eigenvalue weighted by atomic mass is 10.1. The lowest BCUT2D eigenvalue weighted by molar-refractivity contribution is -0.158. The molecular formula is C25H21F6N5O3. The van der Waals surface area contributed by atoms with Crippen LogP contribution in [0.4, 0.5) is 37.0 Å². The molecule has 0 spiro atoms. The summed E-state index contributed by atoms with van der Waals surface area (Å²) in [6.45, 7) is 3.63. The van der Waals surface area contributed by atoms with Crippen molar-refractivity contribution in [1.29, 1.82) is 0 Å². The third-order valence-corrected chi connectivity index (χ3v) is 6.56. The lowest BCUT2D eigenvalue weighted by Crippen LogP contribution is -2.48. The number of urea groups is 1. The van der Waals surface area contributed by atoms with Crippen LogP contribution in [0.3, 0.4) is 0 Å². The van der Waals surface area contributed by atoms with Crippen molar-refractivity contribution in [3.05, 3.63) is 63.7 Å². The van der Waals surface area contributed by atoms with Gasteiger partial charge in [0.1, 0.15) is 28.9 Å². The fourth-order valence-electron chi connectivity index (χ4n) is 4.60. The van der Waals surface area contributed by atoms with E-state index in [4.69, 9.17) is 0 Å². The Balaban J connectivity index is 1.70. The summed E-state index contributed by atoms with van der Waals surface area (Å²) in [5.41, 5.74) is -3.88. The summed E-state index contributed by atoms with van der Waals surface area (Å²) >= 11 is 0. The van der Waals surface area contributed by atoms with Crippen LogP contribution in [-0.4, -0.2) is 45.8 Å². The number of hydrogen-bond donors (Lipinski definition) is 2. The smallest absolute Gasteiger partial charge is 0.340 e. The average molecular weight is 553 g/mol. The highest BCUT2D eigenvalue weighted by molar-refractivity contribution is 5.99. The number of carbonyl (C=O) groups is 2. The Labute approximate surface area is 216 Å². The lowest BCUT2D eigenvalue weighted by Gasteiger charge is -2.22. The molecule has 5 rings (SSSR count). The standard InChI is InChI=1S/C25H21F6N5O3/c1-24(2)10-36(23(39)34-24)17-6-5-13-19(37)14(22(38)33-20(11-3-4-11)25(29,30)31)9-35(21(13)32-17)18-15(27)7-12(26)8-16(18)28/h5-9,11,20H,3-4,10H2,1-2H3,(H,33,38)(H,34,39). The number of rotatable bonds is 5. The summed E-state index contributed by atoms with van der Waals surface area (Å²) in [6, 6.07) is 0.369. The maximum absolute atomic E-state index is 14.9. The molecule has 1 aliphatic heterocycles. The van der Waals surface area contributed by atoms with Crippen molar-refractivity contribution >= 4 is 28.8 Å². The Morgan fingerprint density at radius 3 is 2.31 bits per heavy atom. The van der Waals surface area contributed by atoms with E-state index in [2.05, 4.69) is 10.3 Å². The first kappa shape index (κ1) is 26.5. The summed E-state index contributed by atoms with van der Waals surface area (Å²) in [4.78, 5) is 44.1. The predicted molar refractivity (Wildman–Crippen MR) is 127 cm³/mol. The van der Waals surface area contributed by atoms with Crippen molar-refractivity contribution in [3.63, 3.8) is 0 Å². The highest BCUT2D eigenvalue weighted by atomic mass is 19.4. The molecule has 1 aromatic carbocycles. The molecule has 2 fully saturated rings. The molecule has 3 amide bonds. The van der Waals surface area contributed by atoms with Crippen LogP contribution < -0.4 is 21.0 Å². The number of carbonyl (C=O) groups excluding carboxylic acids is 2. The molecule has 1 aliphatic carbocycles. The first-order chi connectivity index (χ1) is 18.2. The van der Waals surface area contributed by atoms with Crippen molar-refractivity contribution < 1.29 is 35.9 Å². The minimum absolute atomic E-state index is 0.00952. The molecule has 14 heteroatoms. The fourth-order valence-corrected chi connectivity index (χ4v) is 4.60. The Morgan fingerprint density at radius 2 is 1.77 bits per heavy atom. The molecule has 2 N–H and O–H groups in total. The third kappa shape index (κ3) is 4.90. The number of alkyl halides is 3. The molecule has 3 aromatic rings. The van der Waals surface area contributed by atoms with Gasteiger partial charge in [-0.1, -0.05) is 0 Å². The van der Waals surface area contributed by atoms with Crippen molar-refractivity contribution in [2.75, 3.05) is 11.4 Å². The van der Waals surface area contributed by atoms with Crippen LogP contribution in [0.1, 0.15) is 37.0 Å². The van der Waals surface area contributed by atoms with Gasteiger partial charge in [0.25, 0.3) is 5.91 Å². The molecule has 0 radical (unpaired) electrons. The van der Waals surface area contributed by atoms with Crippen LogP contribution in [0.5, 0.6) is 0 Å². The second kappa shape index (κ2) is 8.99. The first-order valence-electron chi connectivity index (χ1n) is 11.8. The van der Waals surface area contributed by atoms with Crippen molar-refractivity contribution in [1.82, 2.24) is 20.2 Å². The zero-order chi connectivity index (χ0) is 28.4. The molecule has 1 saturated carbocycles. The van der Waals surface area contributed by atoms with Gasteiger partial charge in [-0.2, -0.15) is 13.2 Å². The van der Waals surface area contributed by atoms with E-state index in [1.165, 1.54) is 11.0 Å². The number of amides is 3. The van der Waals surface area contributed by atoms with E-state index < -0.39 is 75.4 Å². The highest BCUT2D eigenvalue weighted by Crippen LogP contribution is 2.40. The van der Waals surface area contributed by atoms with E-state index in [0.717, 1.165) is 6.07 Å². The zero-order valence-corrected chi connectivity index (χ0v) is 20.5. The van der Waals surface area contributed by atoms with Crippen LogP contribution in [0.2, 0.25) is 0 Å². The molecular weight excluding hydrogens is 532 g/mol. The van der Waals surface area contributed by atoms with Gasteiger partial charge in [-0.3, -0.25) is 19.1 Å². The Hall–Kier alpha value is -4.10. The number of benzene rings is 1. The number of nitrogens with zero attached hydrogens (tertiary/aromatic N) is 3. The molecule has 206 valence electrons. The normalized spacial score (nSPS) is 17.8. The van der Waals surface area contributed by atoms with Gasteiger partial charge in [0, 0.05) is 18.3 Å². The summed E-state index contributed by atoms with van der Waals surface area (Å²) in [6.07, 6.45) is -3.68. The van der Waals surface area contributed by atoms with Crippen molar-refractivity contribution in [2.45, 2.75) is 44.4 Å². The number of fused-ring (bicyclic) bond motifs is 1. The van der Waals surface area contributed by atoms with Gasteiger partial charge >= 0.3 is 12.2 Å². The van der Waals surface area contributed by atoms with E-state index in [9.17, 15) is 40.7 Å². The second-order valence-corrected chi connectivity index (χ2v) is 10.2. The van der Waals surface area contributed by atoms with Crippen molar-refractivity contribution in [2.24, 2.45) is 5.92 Å². The average Bonchev–Trinajstić information content (AvgIpc) is 3.61. The highest BCUT2D eigenvalue weighted by Gasteiger charge is 2.50. The summed E-state index contributed by atoms with van der Waals surface area (Å²) < 4.78 is 84.6. The molecule has 1 saturated heterocycles. The van der Waals surface area contributed by atoms with Crippen molar-refractivity contribution in [3.8, 4) is 5.69 Å². The maximum atomic E-state index is 14.9. The molecule has 3 heterocycles. The SMILES string of the molecule is CC1(C)CN(c2ccc3c(=O)c(C(=O)NC(C4CC4)C(F)(F)F)cn(-c4c(F)cc(F)cc4F)c3n2)C(=O)N1. The number of nitrogens with one attached hydrogen (secondary N) is 2. The zero-order valence-electron chi connectivity index (χ0n) is 20.5. The van der Waals surface area contributed by atoms with E-state index in [1.807, 2.05) is 5.32 Å². The second-order valence-electron chi connectivity index (χ2n) is 10.2. The van der Waals surface area contributed by atoms with Crippen LogP contribution in [0, 0.1) is 23.4 Å². The monoisotopic (exact) mass is 553 g/mol. The summed E-state index contributed by atoms with van der Waals surface area (Å²) in [5.74, 6) is -6.38. The van der Waals surface area contributed by atoms with Gasteiger partial charge in [-0.15, -0.1) is 0 Å². The largest absolute Gasteiger partial charge is 0.408 e. The number of pyridine rings is 2. The van der Waals surface area contributed by atoms with Gasteiger partial charge in [0.2, 0.25) is 5.43 Å². The Kier molecular flexibility index (Phi) is 6.11. The number of hydrogen-bond acceptors (Lipinski definition) is 4. The Bertz CT molecular complexity index is 1560. The summed E-state index contributed by atoms with van der Waals surface area (Å²) in [7, 11) is 0. The Morgan fingerprint density at radius 1 is 1.13 bits per heavy atom. The van der Waals surface area contributed by atoms with Crippen LogP contribution >= 0.6 is 0 Å². The van der Waals surface area contributed by atoms with E-state index >= 15 is 0 Å². The first-order valence-corrected chi connectivity index (χ1v) is 11.8. The van der Waals surface area contributed by atoms with E-state index in [0.29, 0.717) is 22.9 Å². The van der Waals surface area contributed by atoms with Gasteiger partial charge in [0.15, 0.2) is 17.3 Å². The van der Waals surface area contributed by atoms with Gasteiger partial charge in [-0.05, 0) is 44.7 Å². The molecule has 2 aliphatic rings. The predicted octanol–water partition coefficient (Wildman–Crippen LogP) is 4.18. The quantitative estimate of drug-likeness (QED) is 0.464. The molecule has 39 heavy (non-hydrogen) atoms. The third-order valence-electron chi connectivity index (χ3n) is 6.56. The minimum atomic E-state index is -4.79. The molecule has 2 aromatic heterocycles. The van der Waals surface area contributed by atoms with Crippen LogP contribution in [0.15, 0.2) is 35.3 Å². The van der Waals surface area contributed by atoms with Gasteiger partial charge in [0.05, 0.1) is 17.5 Å². The molecule has 1 unspecified atom stereocenters.